The first-order valence-corrected chi connectivity index (χ1v) is 7.01. The molecule has 0 bridgehead atoms. The van der Waals surface area contributed by atoms with Crippen molar-refractivity contribution < 1.29 is 9.18 Å². The fourth-order valence-electron chi connectivity index (χ4n) is 2.42. The van der Waals surface area contributed by atoms with Gasteiger partial charge < -0.3 is 11.1 Å². The molecule has 20 heavy (non-hydrogen) atoms. The molecular formula is C15H22FN3O. The Morgan fingerprint density at radius 3 is 2.65 bits per heavy atom. The van der Waals surface area contributed by atoms with Gasteiger partial charge in [0.25, 0.3) is 0 Å². The topological polar surface area (TPSA) is 58.4 Å². The van der Waals surface area contributed by atoms with Gasteiger partial charge in [0, 0.05) is 19.1 Å². The second-order valence-electron chi connectivity index (χ2n) is 5.46. The van der Waals surface area contributed by atoms with Crippen LogP contribution in [0.4, 0.5) is 4.39 Å². The highest BCUT2D eigenvalue weighted by molar-refractivity contribution is 5.78. The average Bonchev–Trinajstić information content (AvgIpc) is 3.23. The Morgan fingerprint density at radius 2 is 2.10 bits per heavy atom. The highest BCUT2D eigenvalue weighted by Gasteiger charge is 2.33. The SMILES string of the molecule is CN(CC(=O)NCc1ccc(F)cc1)C(CN)C1CC1. The van der Waals surface area contributed by atoms with Gasteiger partial charge in [-0.05, 0) is 43.5 Å². The number of hydrogen-bond acceptors (Lipinski definition) is 3. The monoisotopic (exact) mass is 279 g/mol. The molecule has 110 valence electrons. The van der Waals surface area contributed by atoms with Crippen molar-refractivity contribution in [2.45, 2.75) is 25.4 Å². The van der Waals surface area contributed by atoms with Gasteiger partial charge in [-0.25, -0.2) is 4.39 Å². The molecule has 0 radical (unpaired) electrons. The van der Waals surface area contributed by atoms with Gasteiger partial charge in [0.1, 0.15) is 5.82 Å². The molecule has 1 fully saturated rings. The van der Waals surface area contributed by atoms with Crippen LogP contribution in [0.5, 0.6) is 0 Å². The number of carbonyl (C=O) groups excluding carboxylic acids is 1. The number of likely N-dealkylation sites (N-methyl/N-ethyl adjacent to an activating group) is 1. The third-order valence-corrected chi connectivity index (χ3v) is 3.77. The Bertz CT molecular complexity index is 445. The third-order valence-electron chi connectivity index (χ3n) is 3.77. The number of nitrogens with two attached hydrogens (primary N) is 1. The van der Waals surface area contributed by atoms with Crippen LogP contribution >= 0.6 is 0 Å². The van der Waals surface area contributed by atoms with Crippen LogP contribution in [0.15, 0.2) is 24.3 Å². The number of hydrogen-bond donors (Lipinski definition) is 2. The fourth-order valence-corrected chi connectivity index (χ4v) is 2.42. The lowest BCUT2D eigenvalue weighted by Gasteiger charge is -2.26. The molecule has 5 heteroatoms. The largest absolute Gasteiger partial charge is 0.351 e. The zero-order valence-corrected chi connectivity index (χ0v) is 11.8. The van der Waals surface area contributed by atoms with Crippen molar-refractivity contribution in [2.24, 2.45) is 11.7 Å². The summed E-state index contributed by atoms with van der Waals surface area (Å²) in [6.07, 6.45) is 2.42. The van der Waals surface area contributed by atoms with E-state index in [9.17, 15) is 9.18 Å². The molecule has 4 nitrogen and oxygen atoms in total. The first-order valence-electron chi connectivity index (χ1n) is 7.01. The smallest absolute Gasteiger partial charge is 0.234 e. The van der Waals surface area contributed by atoms with Gasteiger partial charge in [0.2, 0.25) is 5.91 Å². The number of halogens is 1. The summed E-state index contributed by atoms with van der Waals surface area (Å²) in [5.74, 6) is 0.348. The number of nitrogens with zero attached hydrogens (tertiary/aromatic N) is 1. The standard InChI is InChI=1S/C15H22FN3O/c1-19(14(8-17)12-4-5-12)10-15(20)18-9-11-2-6-13(16)7-3-11/h2-3,6-7,12,14H,4-5,8-10,17H2,1H3,(H,18,20). The Morgan fingerprint density at radius 1 is 1.45 bits per heavy atom. The van der Waals surface area contributed by atoms with Crippen molar-refractivity contribution in [3.05, 3.63) is 35.6 Å². The van der Waals surface area contributed by atoms with Gasteiger partial charge in [-0.1, -0.05) is 12.1 Å². The highest BCUT2D eigenvalue weighted by Crippen LogP contribution is 2.34. The van der Waals surface area contributed by atoms with E-state index in [0.717, 1.165) is 5.56 Å². The van der Waals surface area contributed by atoms with Gasteiger partial charge in [-0.2, -0.15) is 0 Å². The van der Waals surface area contributed by atoms with Crippen molar-refractivity contribution in [1.29, 1.82) is 0 Å². The number of carbonyl (C=O) groups is 1. The highest BCUT2D eigenvalue weighted by atomic mass is 19.1. The molecule has 2 rings (SSSR count). The van der Waals surface area contributed by atoms with Crippen LogP contribution in [0.2, 0.25) is 0 Å². The Hall–Kier alpha value is -1.46. The van der Waals surface area contributed by atoms with Gasteiger partial charge in [0.15, 0.2) is 0 Å². The molecule has 3 N–H and O–H groups in total. The summed E-state index contributed by atoms with van der Waals surface area (Å²) in [5, 5.41) is 2.84. The molecule has 0 aromatic heterocycles. The quantitative estimate of drug-likeness (QED) is 0.786. The van der Waals surface area contributed by atoms with Crippen LogP contribution in [-0.4, -0.2) is 37.0 Å². The molecule has 0 aliphatic heterocycles. The maximum Gasteiger partial charge on any atom is 0.234 e. The van der Waals surface area contributed by atoms with E-state index >= 15 is 0 Å². The zero-order valence-electron chi connectivity index (χ0n) is 11.8. The van der Waals surface area contributed by atoms with E-state index in [-0.39, 0.29) is 11.7 Å². The fraction of sp³-hybridized carbons (Fsp3) is 0.533. The minimum Gasteiger partial charge on any atom is -0.351 e. The molecule has 0 heterocycles. The summed E-state index contributed by atoms with van der Waals surface area (Å²) in [6, 6.07) is 6.43. The first-order chi connectivity index (χ1) is 9.60. The van der Waals surface area contributed by atoms with Gasteiger partial charge in [-0.15, -0.1) is 0 Å². The van der Waals surface area contributed by atoms with Gasteiger partial charge >= 0.3 is 0 Å². The molecule has 1 amide bonds. The maximum absolute atomic E-state index is 12.8. The van der Waals surface area contributed by atoms with Crippen molar-refractivity contribution in [3.8, 4) is 0 Å². The van der Waals surface area contributed by atoms with E-state index in [0.29, 0.717) is 31.6 Å². The van der Waals surface area contributed by atoms with Crippen LogP contribution in [0, 0.1) is 11.7 Å². The summed E-state index contributed by atoms with van der Waals surface area (Å²) in [6.45, 7) is 1.36. The van der Waals surface area contributed by atoms with Crippen LogP contribution in [-0.2, 0) is 11.3 Å². The van der Waals surface area contributed by atoms with Gasteiger partial charge in [0.05, 0.1) is 6.54 Å². The normalized spacial score (nSPS) is 16.2. The molecule has 0 saturated heterocycles. The minimum atomic E-state index is -0.268. The molecule has 1 aliphatic rings. The van der Waals surface area contributed by atoms with Crippen LogP contribution in [0.25, 0.3) is 0 Å². The van der Waals surface area contributed by atoms with Crippen molar-refractivity contribution in [3.63, 3.8) is 0 Å². The number of amides is 1. The van der Waals surface area contributed by atoms with E-state index in [1.165, 1.54) is 25.0 Å². The summed E-state index contributed by atoms with van der Waals surface area (Å²) >= 11 is 0. The third kappa shape index (κ3) is 4.28. The summed E-state index contributed by atoms with van der Waals surface area (Å²) in [5.41, 5.74) is 6.65. The first kappa shape index (κ1) is 14.9. The minimum absolute atomic E-state index is 0.0316. The zero-order chi connectivity index (χ0) is 14.5. The summed E-state index contributed by atoms with van der Waals surface area (Å²) < 4.78 is 12.8. The molecule has 0 spiro atoms. The molecule has 1 atom stereocenters. The van der Waals surface area contributed by atoms with Crippen LogP contribution < -0.4 is 11.1 Å². The average molecular weight is 279 g/mol. The second kappa shape index (κ2) is 6.81. The second-order valence-corrected chi connectivity index (χ2v) is 5.46. The summed E-state index contributed by atoms with van der Waals surface area (Å²) in [4.78, 5) is 13.9. The molecule has 1 aliphatic carbocycles. The predicted molar refractivity (Wildman–Crippen MR) is 76.4 cm³/mol. The lowest BCUT2D eigenvalue weighted by Crippen LogP contribution is -2.44. The maximum atomic E-state index is 12.8. The van der Waals surface area contributed by atoms with Gasteiger partial charge in [-0.3, -0.25) is 9.69 Å². The predicted octanol–water partition coefficient (Wildman–Crippen LogP) is 1.11. The Balaban J connectivity index is 1.75. The lowest BCUT2D eigenvalue weighted by atomic mass is 10.1. The molecule has 1 unspecified atom stereocenters. The van der Waals surface area contributed by atoms with Crippen molar-refractivity contribution in [1.82, 2.24) is 10.2 Å². The van der Waals surface area contributed by atoms with Crippen LogP contribution in [0.3, 0.4) is 0 Å². The van der Waals surface area contributed by atoms with E-state index in [4.69, 9.17) is 5.73 Å². The Kier molecular flexibility index (Phi) is 5.09. The Labute approximate surface area is 119 Å². The molecule has 1 aromatic carbocycles. The molecule has 1 saturated carbocycles. The number of benzene rings is 1. The number of rotatable bonds is 7. The van der Waals surface area contributed by atoms with Crippen LogP contribution in [0.1, 0.15) is 18.4 Å². The summed E-state index contributed by atoms with van der Waals surface area (Å²) in [7, 11) is 1.94. The lowest BCUT2D eigenvalue weighted by molar-refractivity contribution is -0.122. The van der Waals surface area contributed by atoms with Crippen molar-refractivity contribution >= 4 is 5.91 Å². The van der Waals surface area contributed by atoms with E-state index in [1.54, 1.807) is 12.1 Å². The van der Waals surface area contributed by atoms with E-state index < -0.39 is 0 Å². The number of nitrogens with one attached hydrogen (secondary N) is 1. The van der Waals surface area contributed by atoms with Crippen molar-refractivity contribution in [2.75, 3.05) is 20.1 Å². The molecule has 1 aromatic rings. The van der Waals surface area contributed by atoms with E-state index in [2.05, 4.69) is 5.32 Å². The van der Waals surface area contributed by atoms with E-state index in [1.807, 2.05) is 11.9 Å². The molecular weight excluding hydrogens is 257 g/mol.